The van der Waals surface area contributed by atoms with Crippen LogP contribution in [-0.4, -0.2) is 38.6 Å². The van der Waals surface area contributed by atoms with Crippen LogP contribution in [0, 0.1) is 5.92 Å². The Kier molecular flexibility index (Phi) is 6.54. The second-order valence-corrected chi connectivity index (χ2v) is 4.73. The van der Waals surface area contributed by atoms with Crippen molar-refractivity contribution in [3.05, 3.63) is 0 Å². The molecule has 3 N–H and O–H groups in total. The number of ketones is 1. The van der Waals surface area contributed by atoms with Gasteiger partial charge in [-0.2, -0.15) is 0 Å². The van der Waals surface area contributed by atoms with Crippen molar-refractivity contribution in [1.82, 2.24) is 0 Å². The highest BCUT2D eigenvalue weighted by molar-refractivity contribution is 5.92. The lowest BCUT2D eigenvalue weighted by Gasteiger charge is -2.23. The molecular weight excluding hydrogens is 240 g/mol. The summed E-state index contributed by atoms with van der Waals surface area (Å²) < 4.78 is 0. The molecule has 0 bridgehead atoms. The minimum Gasteiger partial charge on any atom is -0.481 e. The van der Waals surface area contributed by atoms with Crippen LogP contribution in [0.15, 0.2) is 0 Å². The van der Waals surface area contributed by atoms with E-state index >= 15 is 0 Å². The highest BCUT2D eigenvalue weighted by atomic mass is 16.4. The van der Waals surface area contributed by atoms with Crippen LogP contribution in [0.2, 0.25) is 0 Å². The summed E-state index contributed by atoms with van der Waals surface area (Å²) in [6, 6.07) is 0. The van der Waals surface area contributed by atoms with E-state index in [2.05, 4.69) is 0 Å². The van der Waals surface area contributed by atoms with Crippen LogP contribution in [0.3, 0.4) is 0 Å². The minimum atomic E-state index is -1.54. The average Bonchev–Trinajstić information content (AvgIpc) is 2.15. The molecule has 0 aromatic carbocycles. The van der Waals surface area contributed by atoms with Gasteiger partial charge in [0.2, 0.25) is 0 Å². The summed E-state index contributed by atoms with van der Waals surface area (Å²) in [5.74, 6) is -4.51. The molecule has 104 valence electrons. The van der Waals surface area contributed by atoms with Crippen molar-refractivity contribution >= 4 is 17.7 Å². The summed E-state index contributed by atoms with van der Waals surface area (Å²) in [6.07, 6.45) is 0.731. The van der Waals surface area contributed by atoms with Gasteiger partial charge in [-0.3, -0.25) is 14.4 Å². The van der Waals surface area contributed by atoms with E-state index < -0.39 is 23.5 Å². The number of rotatable bonds is 9. The van der Waals surface area contributed by atoms with Crippen molar-refractivity contribution in [3.63, 3.8) is 0 Å². The predicted molar refractivity (Wildman–Crippen MR) is 63.2 cm³/mol. The van der Waals surface area contributed by atoms with Gasteiger partial charge in [0.05, 0.1) is 5.60 Å². The second kappa shape index (κ2) is 7.10. The number of carbonyl (C=O) groups excluding carboxylic acids is 1. The molecule has 0 spiro atoms. The molecule has 6 nitrogen and oxygen atoms in total. The molecule has 18 heavy (non-hydrogen) atoms. The summed E-state index contributed by atoms with van der Waals surface area (Å²) in [4.78, 5) is 32.7. The van der Waals surface area contributed by atoms with Crippen LogP contribution in [0.25, 0.3) is 0 Å². The van der Waals surface area contributed by atoms with E-state index in [4.69, 9.17) is 10.2 Å². The van der Waals surface area contributed by atoms with Crippen LogP contribution in [0.1, 0.15) is 46.0 Å². The minimum absolute atomic E-state index is 0.0360. The lowest BCUT2D eigenvalue weighted by Crippen LogP contribution is -2.31. The zero-order chi connectivity index (χ0) is 14.3. The summed E-state index contributed by atoms with van der Waals surface area (Å²) in [5.41, 5.74) is -1.35. The number of hydrogen-bond donors (Lipinski definition) is 3. The number of aliphatic hydroxyl groups is 1. The Morgan fingerprint density at radius 1 is 1.17 bits per heavy atom. The van der Waals surface area contributed by atoms with Crippen molar-refractivity contribution in [2.75, 3.05) is 0 Å². The van der Waals surface area contributed by atoms with Crippen LogP contribution in [0.5, 0.6) is 0 Å². The first-order chi connectivity index (χ1) is 8.19. The van der Waals surface area contributed by atoms with Gasteiger partial charge in [0.1, 0.15) is 5.78 Å². The van der Waals surface area contributed by atoms with Crippen LogP contribution in [0.4, 0.5) is 0 Å². The predicted octanol–water partition coefficient (Wildman–Crippen LogP) is 1.06. The average molecular weight is 260 g/mol. The molecule has 0 aromatic rings. The van der Waals surface area contributed by atoms with Gasteiger partial charge in [-0.15, -0.1) is 0 Å². The van der Waals surface area contributed by atoms with E-state index in [1.54, 1.807) is 0 Å². The maximum Gasteiger partial charge on any atom is 0.317 e. The highest BCUT2D eigenvalue weighted by Gasteiger charge is 2.31. The molecule has 0 heterocycles. The standard InChI is InChI=1S/C12H20O6/c1-3-4-8(13)7-12(2,18)6-5-9(10(14)15)11(16)17/h9,18H,3-7H2,1-2H3,(H,14,15)(H,16,17). The maximum absolute atomic E-state index is 11.4. The maximum atomic E-state index is 11.4. The topological polar surface area (TPSA) is 112 Å². The molecule has 0 aliphatic carbocycles. The molecule has 0 aliphatic heterocycles. The van der Waals surface area contributed by atoms with E-state index in [1.165, 1.54) is 6.92 Å². The van der Waals surface area contributed by atoms with Gasteiger partial charge in [-0.05, 0) is 26.2 Å². The van der Waals surface area contributed by atoms with Gasteiger partial charge in [0, 0.05) is 12.8 Å². The smallest absolute Gasteiger partial charge is 0.317 e. The molecule has 0 saturated carbocycles. The first-order valence-corrected chi connectivity index (χ1v) is 5.89. The number of carboxylic acid groups (broad SMARTS) is 2. The second-order valence-electron chi connectivity index (χ2n) is 4.73. The molecule has 0 aliphatic rings. The number of hydrogen-bond acceptors (Lipinski definition) is 4. The summed E-state index contributed by atoms with van der Waals surface area (Å²) in [6.45, 7) is 3.26. The first-order valence-electron chi connectivity index (χ1n) is 5.89. The fraction of sp³-hybridized carbons (Fsp3) is 0.750. The number of aliphatic carboxylic acids is 2. The third-order valence-electron chi connectivity index (χ3n) is 2.67. The Hall–Kier alpha value is -1.43. The molecular formula is C12H20O6. The quantitative estimate of drug-likeness (QED) is 0.534. The fourth-order valence-corrected chi connectivity index (χ4v) is 1.69. The van der Waals surface area contributed by atoms with E-state index in [0.29, 0.717) is 12.8 Å². The number of carbonyl (C=O) groups is 3. The van der Waals surface area contributed by atoms with E-state index in [9.17, 15) is 19.5 Å². The van der Waals surface area contributed by atoms with Crippen molar-refractivity contribution in [1.29, 1.82) is 0 Å². The zero-order valence-electron chi connectivity index (χ0n) is 10.7. The lowest BCUT2D eigenvalue weighted by molar-refractivity contribution is -0.155. The van der Waals surface area contributed by atoms with Crippen molar-refractivity contribution < 1.29 is 29.7 Å². The molecule has 0 fully saturated rings. The monoisotopic (exact) mass is 260 g/mol. The molecule has 6 heteroatoms. The summed E-state index contributed by atoms with van der Waals surface area (Å²) in [7, 11) is 0. The van der Waals surface area contributed by atoms with Gasteiger partial charge in [-0.1, -0.05) is 6.92 Å². The molecule has 1 unspecified atom stereocenters. The first kappa shape index (κ1) is 16.6. The zero-order valence-corrected chi connectivity index (χ0v) is 10.7. The molecule has 0 rings (SSSR count). The SMILES string of the molecule is CCCC(=O)CC(C)(O)CCC(C(=O)O)C(=O)O. The summed E-state index contributed by atoms with van der Waals surface area (Å²) >= 11 is 0. The van der Waals surface area contributed by atoms with E-state index in [0.717, 1.165) is 0 Å². The van der Waals surface area contributed by atoms with Crippen LogP contribution < -0.4 is 0 Å². The van der Waals surface area contributed by atoms with Gasteiger partial charge in [0.25, 0.3) is 0 Å². The number of carboxylic acids is 2. The molecule has 0 radical (unpaired) electrons. The summed E-state index contributed by atoms with van der Waals surface area (Å²) in [5, 5.41) is 27.3. The Balaban J connectivity index is 4.36. The van der Waals surface area contributed by atoms with Crippen molar-refractivity contribution in [3.8, 4) is 0 Å². The number of Topliss-reactive ketones (excluding diaryl/α,β-unsaturated/α-hetero) is 1. The third kappa shape index (κ3) is 6.34. The Bertz CT molecular complexity index is 307. The largest absolute Gasteiger partial charge is 0.481 e. The van der Waals surface area contributed by atoms with E-state index in [1.807, 2.05) is 6.92 Å². The molecule has 0 saturated heterocycles. The van der Waals surface area contributed by atoms with Crippen molar-refractivity contribution in [2.45, 2.75) is 51.6 Å². The highest BCUT2D eigenvalue weighted by Crippen LogP contribution is 2.21. The Morgan fingerprint density at radius 2 is 1.67 bits per heavy atom. The van der Waals surface area contributed by atoms with Gasteiger partial charge in [0.15, 0.2) is 5.92 Å². The van der Waals surface area contributed by atoms with Crippen LogP contribution in [-0.2, 0) is 14.4 Å². The van der Waals surface area contributed by atoms with Crippen molar-refractivity contribution in [2.24, 2.45) is 5.92 Å². The van der Waals surface area contributed by atoms with Gasteiger partial charge >= 0.3 is 11.9 Å². The molecule has 1 atom stereocenters. The normalized spacial score (nSPS) is 14.2. The molecule has 0 amide bonds. The Labute approximate surface area is 106 Å². The Morgan fingerprint density at radius 3 is 2.06 bits per heavy atom. The van der Waals surface area contributed by atoms with Crippen LogP contribution >= 0.6 is 0 Å². The third-order valence-corrected chi connectivity index (χ3v) is 2.67. The fourth-order valence-electron chi connectivity index (χ4n) is 1.69. The van der Waals surface area contributed by atoms with Gasteiger partial charge < -0.3 is 15.3 Å². The van der Waals surface area contributed by atoms with Gasteiger partial charge in [-0.25, -0.2) is 0 Å². The van der Waals surface area contributed by atoms with E-state index in [-0.39, 0.29) is 25.0 Å². The lowest BCUT2D eigenvalue weighted by atomic mass is 9.89. The molecule has 0 aromatic heterocycles.